The van der Waals surface area contributed by atoms with Gasteiger partial charge in [-0.15, -0.1) is 0 Å². The van der Waals surface area contributed by atoms with Gasteiger partial charge in [0, 0.05) is 0 Å². The molecule has 27 heavy (non-hydrogen) atoms. The molecule has 6 nitrogen and oxygen atoms in total. The number of nitrogens with one attached hydrogen (secondary N) is 1. The van der Waals surface area contributed by atoms with Gasteiger partial charge in [-0.05, 0) is 48.7 Å². The van der Waals surface area contributed by atoms with E-state index in [9.17, 15) is 13.2 Å². The van der Waals surface area contributed by atoms with E-state index < -0.39 is 15.8 Å². The van der Waals surface area contributed by atoms with E-state index in [2.05, 4.69) is 10.5 Å². The summed E-state index contributed by atoms with van der Waals surface area (Å²) in [5.41, 5.74) is 5.53. The lowest BCUT2D eigenvalue weighted by Gasteiger charge is -2.07. The van der Waals surface area contributed by atoms with Gasteiger partial charge in [0.05, 0.1) is 23.6 Å². The van der Waals surface area contributed by atoms with E-state index in [-0.39, 0.29) is 17.4 Å². The standard InChI is InChI=1S/C20H22N2O4S/c1-15-2-4-17(5-3-15)13-26-19-8-6-16(7-9-19)12-21-22-20(23)18-10-11-27(24,25)14-18/h2-9,12,18H,10-11,13-14H2,1H3,(H,22,23)/b21-12-/t18-/m0/s1. The highest BCUT2D eigenvalue weighted by molar-refractivity contribution is 7.91. The van der Waals surface area contributed by atoms with Crippen molar-refractivity contribution in [3.8, 4) is 5.75 Å². The summed E-state index contributed by atoms with van der Waals surface area (Å²) in [6, 6.07) is 15.5. The predicted octanol–water partition coefficient (Wildman–Crippen LogP) is 2.46. The molecule has 0 unspecified atom stereocenters. The lowest BCUT2D eigenvalue weighted by atomic mass is 10.1. The van der Waals surface area contributed by atoms with Crippen molar-refractivity contribution in [2.45, 2.75) is 20.0 Å². The fourth-order valence-electron chi connectivity index (χ4n) is 2.76. The number of carbonyl (C=O) groups excluding carboxylic acids is 1. The third kappa shape index (κ3) is 5.65. The van der Waals surface area contributed by atoms with E-state index in [1.807, 2.05) is 55.5 Å². The highest BCUT2D eigenvalue weighted by atomic mass is 32.2. The highest BCUT2D eigenvalue weighted by Crippen LogP contribution is 2.18. The summed E-state index contributed by atoms with van der Waals surface area (Å²) in [5.74, 6) is -0.150. The Balaban J connectivity index is 1.47. The molecule has 1 atom stereocenters. The summed E-state index contributed by atoms with van der Waals surface area (Å²) in [4.78, 5) is 11.9. The minimum Gasteiger partial charge on any atom is -0.489 e. The Hall–Kier alpha value is -2.67. The van der Waals surface area contributed by atoms with Crippen molar-refractivity contribution >= 4 is 22.0 Å². The van der Waals surface area contributed by atoms with Crippen LogP contribution in [0, 0.1) is 12.8 Å². The van der Waals surface area contributed by atoms with Crippen LogP contribution >= 0.6 is 0 Å². The van der Waals surface area contributed by atoms with Gasteiger partial charge in [-0.25, -0.2) is 13.8 Å². The maximum atomic E-state index is 11.9. The molecule has 1 fully saturated rings. The van der Waals surface area contributed by atoms with Gasteiger partial charge in [0.15, 0.2) is 9.84 Å². The average molecular weight is 386 g/mol. The molecular formula is C20H22N2O4S. The lowest BCUT2D eigenvalue weighted by molar-refractivity contribution is -0.124. The number of nitrogens with zero attached hydrogens (tertiary/aromatic N) is 1. The van der Waals surface area contributed by atoms with Gasteiger partial charge in [0.2, 0.25) is 5.91 Å². The van der Waals surface area contributed by atoms with Crippen LogP contribution in [0.2, 0.25) is 0 Å². The molecule has 142 valence electrons. The van der Waals surface area contributed by atoms with E-state index in [4.69, 9.17) is 4.74 Å². The summed E-state index contributed by atoms with van der Waals surface area (Å²) in [6.45, 7) is 2.54. The van der Waals surface area contributed by atoms with E-state index in [0.717, 1.165) is 16.9 Å². The molecule has 0 aliphatic carbocycles. The minimum absolute atomic E-state index is 0.0683. The molecule has 3 rings (SSSR count). The molecule has 0 spiro atoms. The maximum absolute atomic E-state index is 11.9. The molecule has 0 aromatic heterocycles. The number of ether oxygens (including phenoxy) is 1. The van der Waals surface area contributed by atoms with Gasteiger partial charge in [-0.3, -0.25) is 4.79 Å². The van der Waals surface area contributed by atoms with Gasteiger partial charge in [0.25, 0.3) is 0 Å². The number of rotatable bonds is 6. The predicted molar refractivity (Wildman–Crippen MR) is 104 cm³/mol. The maximum Gasteiger partial charge on any atom is 0.244 e. The number of benzene rings is 2. The van der Waals surface area contributed by atoms with Crippen LogP contribution in [-0.2, 0) is 21.2 Å². The molecule has 1 aliphatic rings. The monoisotopic (exact) mass is 386 g/mol. The molecule has 0 radical (unpaired) electrons. The molecule has 1 amide bonds. The number of hydrogen-bond donors (Lipinski definition) is 1. The van der Waals surface area contributed by atoms with Crippen LogP contribution in [0.1, 0.15) is 23.1 Å². The molecule has 1 aliphatic heterocycles. The Morgan fingerprint density at radius 1 is 1.19 bits per heavy atom. The van der Waals surface area contributed by atoms with Crippen molar-refractivity contribution in [2.75, 3.05) is 11.5 Å². The normalized spacial score (nSPS) is 18.5. The minimum atomic E-state index is -3.08. The summed E-state index contributed by atoms with van der Waals surface area (Å²) < 4.78 is 28.5. The fourth-order valence-corrected chi connectivity index (χ4v) is 4.51. The number of sulfone groups is 1. The van der Waals surface area contributed by atoms with E-state index >= 15 is 0 Å². The van der Waals surface area contributed by atoms with E-state index in [0.29, 0.717) is 13.0 Å². The van der Waals surface area contributed by atoms with Crippen molar-refractivity contribution in [1.29, 1.82) is 0 Å². The molecule has 7 heteroatoms. The average Bonchev–Trinajstić information content (AvgIpc) is 3.02. The van der Waals surface area contributed by atoms with Gasteiger partial charge in [-0.2, -0.15) is 5.10 Å². The van der Waals surface area contributed by atoms with Crippen LogP contribution < -0.4 is 10.2 Å². The first-order valence-corrected chi connectivity index (χ1v) is 10.6. The Bertz CT molecular complexity index is 919. The van der Waals surface area contributed by atoms with Crippen LogP contribution in [0.5, 0.6) is 5.75 Å². The second-order valence-electron chi connectivity index (χ2n) is 6.68. The van der Waals surface area contributed by atoms with Crippen molar-refractivity contribution in [1.82, 2.24) is 5.43 Å². The Morgan fingerprint density at radius 3 is 2.52 bits per heavy atom. The Morgan fingerprint density at radius 2 is 1.89 bits per heavy atom. The topological polar surface area (TPSA) is 84.8 Å². The van der Waals surface area contributed by atoms with Gasteiger partial charge >= 0.3 is 0 Å². The number of hydrazone groups is 1. The molecule has 0 saturated carbocycles. The van der Waals surface area contributed by atoms with Crippen LogP contribution in [0.25, 0.3) is 0 Å². The van der Waals surface area contributed by atoms with Gasteiger partial charge < -0.3 is 4.74 Å². The second-order valence-corrected chi connectivity index (χ2v) is 8.91. The van der Waals surface area contributed by atoms with Crippen LogP contribution in [-0.4, -0.2) is 32.0 Å². The number of hydrogen-bond acceptors (Lipinski definition) is 5. The van der Waals surface area contributed by atoms with Crippen LogP contribution in [0.3, 0.4) is 0 Å². The number of amides is 1. The molecule has 1 heterocycles. The lowest BCUT2D eigenvalue weighted by Crippen LogP contribution is -2.27. The van der Waals surface area contributed by atoms with Gasteiger partial charge in [0.1, 0.15) is 12.4 Å². The fraction of sp³-hybridized carbons (Fsp3) is 0.300. The number of carbonyl (C=O) groups is 1. The second kappa shape index (κ2) is 8.35. The first kappa shape index (κ1) is 19.1. The van der Waals surface area contributed by atoms with E-state index in [1.54, 1.807) is 0 Å². The molecule has 2 aromatic carbocycles. The van der Waals surface area contributed by atoms with Crippen molar-refractivity contribution in [2.24, 2.45) is 11.0 Å². The van der Waals surface area contributed by atoms with Crippen molar-refractivity contribution < 1.29 is 17.9 Å². The zero-order valence-electron chi connectivity index (χ0n) is 15.1. The highest BCUT2D eigenvalue weighted by Gasteiger charge is 2.32. The van der Waals surface area contributed by atoms with Gasteiger partial charge in [-0.1, -0.05) is 29.8 Å². The summed E-state index contributed by atoms with van der Waals surface area (Å²) in [5, 5.41) is 3.91. The van der Waals surface area contributed by atoms with E-state index in [1.165, 1.54) is 11.8 Å². The van der Waals surface area contributed by atoms with Crippen molar-refractivity contribution in [3.63, 3.8) is 0 Å². The third-order valence-corrected chi connectivity index (χ3v) is 6.17. The molecule has 0 bridgehead atoms. The SMILES string of the molecule is Cc1ccc(COc2ccc(/C=N\NC(=O)[C@H]3CCS(=O)(=O)C3)cc2)cc1. The zero-order chi connectivity index (χ0) is 19.3. The molecule has 2 aromatic rings. The number of aryl methyl sites for hydroxylation is 1. The largest absolute Gasteiger partial charge is 0.489 e. The molecule has 1 saturated heterocycles. The zero-order valence-corrected chi connectivity index (χ0v) is 15.9. The molecular weight excluding hydrogens is 364 g/mol. The molecule has 1 N–H and O–H groups in total. The Labute approximate surface area is 159 Å². The Kier molecular flexibility index (Phi) is 5.91. The summed E-state index contributed by atoms with van der Waals surface area (Å²) in [7, 11) is -3.08. The third-order valence-electron chi connectivity index (χ3n) is 4.40. The smallest absolute Gasteiger partial charge is 0.244 e. The van der Waals surface area contributed by atoms with Crippen LogP contribution in [0.4, 0.5) is 0 Å². The first-order valence-electron chi connectivity index (χ1n) is 8.73. The summed E-state index contributed by atoms with van der Waals surface area (Å²) in [6.07, 6.45) is 1.88. The first-order chi connectivity index (χ1) is 12.9. The quantitative estimate of drug-likeness (QED) is 0.610. The van der Waals surface area contributed by atoms with Crippen LogP contribution in [0.15, 0.2) is 53.6 Å². The summed E-state index contributed by atoms with van der Waals surface area (Å²) >= 11 is 0. The van der Waals surface area contributed by atoms with Crippen molar-refractivity contribution in [3.05, 3.63) is 65.2 Å².